The van der Waals surface area contributed by atoms with Crippen molar-refractivity contribution >= 4 is 39.9 Å². The summed E-state index contributed by atoms with van der Waals surface area (Å²) < 4.78 is 10.9. The van der Waals surface area contributed by atoms with Gasteiger partial charge in [-0.25, -0.2) is 9.59 Å². The van der Waals surface area contributed by atoms with E-state index in [0.717, 1.165) is 21.6 Å². The molecule has 1 N–H and O–H groups in total. The van der Waals surface area contributed by atoms with Crippen LogP contribution >= 0.6 is 22.7 Å². The maximum atomic E-state index is 13.3. The number of methoxy groups -OCH3 is 1. The van der Waals surface area contributed by atoms with Gasteiger partial charge >= 0.3 is 12.2 Å². The van der Waals surface area contributed by atoms with Crippen molar-refractivity contribution in [1.82, 2.24) is 20.2 Å². The highest BCUT2D eigenvalue weighted by Gasteiger charge is 2.31. The molecule has 2 aromatic heterocycles. The van der Waals surface area contributed by atoms with Gasteiger partial charge in [-0.15, -0.1) is 22.7 Å². The lowest BCUT2D eigenvalue weighted by Crippen LogP contribution is -2.51. The van der Waals surface area contributed by atoms with Gasteiger partial charge in [-0.05, 0) is 29.5 Å². The van der Waals surface area contributed by atoms with E-state index in [2.05, 4.69) is 56.6 Å². The SMILES string of the molecule is COC(=O)N(c1cncs1)[C@@H](Cc1ccccc1)CN(Cc1ccccc1)C[C@@H](Cc1ccccc1)NC(=O)OCc1cncs1. The van der Waals surface area contributed by atoms with Gasteiger partial charge in [0, 0.05) is 31.9 Å². The largest absolute Gasteiger partial charge is 0.452 e. The zero-order chi connectivity index (χ0) is 32.0. The van der Waals surface area contributed by atoms with E-state index in [-0.39, 0.29) is 18.7 Å². The number of rotatable bonds is 15. The lowest BCUT2D eigenvalue weighted by atomic mass is 10.0. The van der Waals surface area contributed by atoms with Crippen LogP contribution in [0.25, 0.3) is 0 Å². The van der Waals surface area contributed by atoms with E-state index in [0.29, 0.717) is 37.5 Å². The molecule has 0 fully saturated rings. The molecule has 9 nitrogen and oxygen atoms in total. The molecule has 5 rings (SSSR count). The number of ether oxygens (including phenoxy) is 2. The maximum Gasteiger partial charge on any atom is 0.415 e. The van der Waals surface area contributed by atoms with Crippen LogP contribution in [0.15, 0.2) is 114 Å². The predicted molar refractivity (Wildman–Crippen MR) is 182 cm³/mol. The van der Waals surface area contributed by atoms with Crippen LogP contribution in [0.5, 0.6) is 0 Å². The number of anilines is 1. The average Bonchev–Trinajstić information content (AvgIpc) is 3.81. The zero-order valence-electron chi connectivity index (χ0n) is 25.6. The number of hydrogen-bond acceptors (Lipinski definition) is 9. The molecule has 0 aliphatic rings. The number of nitrogens with one attached hydrogen (secondary N) is 1. The Hall–Kier alpha value is -4.58. The fourth-order valence-corrected chi connectivity index (χ4v) is 6.54. The summed E-state index contributed by atoms with van der Waals surface area (Å²) >= 11 is 2.83. The van der Waals surface area contributed by atoms with E-state index >= 15 is 0 Å². The normalized spacial score (nSPS) is 12.3. The Morgan fingerprint density at radius 3 is 1.98 bits per heavy atom. The van der Waals surface area contributed by atoms with Gasteiger partial charge in [0.15, 0.2) is 0 Å². The molecular formula is C35H37N5O4S2. The molecule has 3 aromatic carbocycles. The topological polar surface area (TPSA) is 96.9 Å². The average molecular weight is 656 g/mol. The molecule has 2 atom stereocenters. The number of thiazole rings is 2. The summed E-state index contributed by atoms with van der Waals surface area (Å²) in [5, 5.41) is 3.83. The van der Waals surface area contributed by atoms with Crippen LogP contribution in [0.1, 0.15) is 21.6 Å². The third kappa shape index (κ3) is 9.96. The molecule has 0 saturated heterocycles. The van der Waals surface area contributed by atoms with Crippen LogP contribution in [0.2, 0.25) is 0 Å². The molecule has 0 unspecified atom stereocenters. The molecule has 0 radical (unpaired) electrons. The summed E-state index contributed by atoms with van der Waals surface area (Å²) in [6, 6.07) is 29.8. The number of benzene rings is 3. The third-order valence-electron chi connectivity index (χ3n) is 7.38. The van der Waals surface area contributed by atoms with Crippen molar-refractivity contribution in [1.29, 1.82) is 0 Å². The molecule has 238 valence electrons. The molecule has 0 aliphatic heterocycles. The minimum Gasteiger partial charge on any atom is -0.452 e. The second-order valence-corrected chi connectivity index (χ2v) is 12.6. The molecule has 0 spiro atoms. The highest BCUT2D eigenvalue weighted by atomic mass is 32.1. The van der Waals surface area contributed by atoms with Crippen molar-refractivity contribution in [2.24, 2.45) is 0 Å². The monoisotopic (exact) mass is 655 g/mol. The lowest BCUT2D eigenvalue weighted by Gasteiger charge is -2.35. The second-order valence-electron chi connectivity index (χ2n) is 10.8. The van der Waals surface area contributed by atoms with Gasteiger partial charge in [0.05, 0.1) is 35.2 Å². The lowest BCUT2D eigenvalue weighted by molar-refractivity contribution is 0.130. The number of alkyl carbamates (subject to hydrolysis) is 1. The fraction of sp³-hybridized carbons (Fsp3) is 0.257. The number of aromatic nitrogens is 2. The Morgan fingerprint density at radius 1 is 0.783 bits per heavy atom. The van der Waals surface area contributed by atoms with Gasteiger partial charge in [-0.3, -0.25) is 19.8 Å². The second kappa shape index (κ2) is 17.2. The number of nitrogens with zero attached hydrogens (tertiary/aromatic N) is 4. The van der Waals surface area contributed by atoms with E-state index in [1.807, 2.05) is 54.6 Å². The van der Waals surface area contributed by atoms with Crippen molar-refractivity contribution in [3.05, 3.63) is 136 Å². The first-order valence-electron chi connectivity index (χ1n) is 15.0. The van der Waals surface area contributed by atoms with Crippen molar-refractivity contribution in [3.8, 4) is 0 Å². The zero-order valence-corrected chi connectivity index (χ0v) is 27.2. The van der Waals surface area contributed by atoms with Crippen LogP contribution in [0, 0.1) is 0 Å². The molecule has 2 amide bonds. The van der Waals surface area contributed by atoms with Gasteiger partial charge in [0.2, 0.25) is 0 Å². The van der Waals surface area contributed by atoms with Gasteiger partial charge in [-0.2, -0.15) is 0 Å². The number of carbonyl (C=O) groups excluding carboxylic acids is 2. The highest BCUT2D eigenvalue weighted by Crippen LogP contribution is 2.26. The summed E-state index contributed by atoms with van der Waals surface area (Å²) in [5.74, 6) is 0. The Kier molecular flexibility index (Phi) is 12.3. The Bertz CT molecular complexity index is 1590. The Labute approximate surface area is 277 Å². The molecule has 11 heteroatoms. The predicted octanol–water partition coefficient (Wildman–Crippen LogP) is 6.82. The summed E-state index contributed by atoms with van der Waals surface area (Å²) in [5.41, 5.74) is 6.73. The van der Waals surface area contributed by atoms with Crippen molar-refractivity contribution < 1.29 is 19.1 Å². The van der Waals surface area contributed by atoms with Gasteiger partial charge in [0.25, 0.3) is 0 Å². The summed E-state index contributed by atoms with van der Waals surface area (Å²) in [7, 11) is 1.40. The highest BCUT2D eigenvalue weighted by molar-refractivity contribution is 7.14. The summed E-state index contributed by atoms with van der Waals surface area (Å²) in [6.45, 7) is 1.76. The Morgan fingerprint density at radius 2 is 1.39 bits per heavy atom. The van der Waals surface area contributed by atoms with E-state index < -0.39 is 12.2 Å². The number of carbonyl (C=O) groups is 2. The van der Waals surface area contributed by atoms with E-state index in [9.17, 15) is 9.59 Å². The molecule has 0 bridgehead atoms. The Balaban J connectivity index is 1.44. The quantitative estimate of drug-likeness (QED) is 0.132. The maximum absolute atomic E-state index is 13.3. The molecule has 46 heavy (non-hydrogen) atoms. The van der Waals surface area contributed by atoms with Gasteiger partial charge < -0.3 is 14.8 Å². The van der Waals surface area contributed by atoms with Gasteiger partial charge in [-0.1, -0.05) is 91.0 Å². The first kappa shape index (κ1) is 32.8. The molecular weight excluding hydrogens is 619 g/mol. The molecule has 0 saturated carbocycles. The smallest absolute Gasteiger partial charge is 0.415 e. The third-order valence-corrected chi connectivity index (χ3v) is 8.90. The van der Waals surface area contributed by atoms with Crippen molar-refractivity contribution in [3.63, 3.8) is 0 Å². The van der Waals surface area contributed by atoms with Crippen LogP contribution in [0.3, 0.4) is 0 Å². The van der Waals surface area contributed by atoms with Crippen molar-refractivity contribution in [2.45, 2.75) is 38.1 Å². The molecule has 2 heterocycles. The summed E-state index contributed by atoms with van der Waals surface area (Å²) in [4.78, 5) is 39.6. The van der Waals surface area contributed by atoms with E-state index in [4.69, 9.17) is 9.47 Å². The first-order valence-corrected chi connectivity index (χ1v) is 16.7. The van der Waals surface area contributed by atoms with Crippen LogP contribution in [0.4, 0.5) is 14.6 Å². The van der Waals surface area contributed by atoms with Crippen LogP contribution < -0.4 is 10.2 Å². The fourth-order valence-electron chi connectivity index (χ4n) is 5.34. The first-order chi connectivity index (χ1) is 22.6. The van der Waals surface area contributed by atoms with Crippen molar-refractivity contribution in [2.75, 3.05) is 25.1 Å². The minimum absolute atomic E-state index is 0.157. The van der Waals surface area contributed by atoms with E-state index in [1.54, 1.807) is 28.3 Å². The molecule has 5 aromatic rings. The summed E-state index contributed by atoms with van der Waals surface area (Å²) in [6.07, 6.45) is 3.64. The standard InChI is InChI=1S/C35H37N5O4S2/c1-43-35(42)40(33-20-37-26-46-33)31(18-28-13-7-3-8-14-28)23-39(21-29-15-9-4-10-16-29)22-30(17-27-11-5-2-6-12-27)38-34(41)44-24-32-19-36-25-45-32/h2-16,19-20,25-26,30-31H,17-18,21-24H2,1H3,(H,38,41)/t30-,31+/m1/s1. The van der Waals surface area contributed by atoms with Crippen LogP contribution in [-0.2, 0) is 35.5 Å². The number of amides is 2. The van der Waals surface area contributed by atoms with E-state index in [1.165, 1.54) is 29.8 Å². The molecule has 0 aliphatic carbocycles. The van der Waals surface area contributed by atoms with Crippen LogP contribution in [-0.4, -0.2) is 59.3 Å². The number of hydrogen-bond donors (Lipinski definition) is 1. The minimum atomic E-state index is -0.490. The van der Waals surface area contributed by atoms with Gasteiger partial charge in [0.1, 0.15) is 11.6 Å².